The van der Waals surface area contributed by atoms with E-state index in [1.807, 2.05) is 0 Å². The van der Waals surface area contributed by atoms with E-state index in [1.165, 1.54) is 7.11 Å². The summed E-state index contributed by atoms with van der Waals surface area (Å²) in [7, 11) is 1.47. The van der Waals surface area contributed by atoms with Crippen molar-refractivity contribution in [1.82, 2.24) is 20.3 Å². The Morgan fingerprint density at radius 2 is 2.12 bits per heavy atom. The normalized spacial score (nSPS) is 20.5. The van der Waals surface area contributed by atoms with Crippen LogP contribution in [0.1, 0.15) is 12.8 Å². The number of methoxy groups -OCH3 is 1. The average Bonchev–Trinajstić information content (AvgIpc) is 2.29. The van der Waals surface area contributed by atoms with Gasteiger partial charge in [-0.25, -0.2) is 0 Å². The van der Waals surface area contributed by atoms with Gasteiger partial charge in [0.2, 0.25) is 5.28 Å². The smallest absolute Gasteiger partial charge is 0.324 e. The lowest BCUT2D eigenvalue weighted by Crippen LogP contribution is -2.37. The van der Waals surface area contributed by atoms with Gasteiger partial charge in [0.15, 0.2) is 0 Å². The molecule has 1 fully saturated rings. The first-order chi connectivity index (χ1) is 7.78. The molecule has 0 aliphatic carbocycles. The molecule has 1 aliphatic rings. The molecule has 0 radical (unpaired) electrons. The predicted molar refractivity (Wildman–Crippen MR) is 57.9 cm³/mol. The molecule has 1 aromatic rings. The topological polar surface area (TPSA) is 69.2 Å². The van der Waals surface area contributed by atoms with Crippen LogP contribution in [0, 0.1) is 0 Å². The third-order valence-corrected chi connectivity index (χ3v) is 2.44. The molecule has 1 N–H and O–H groups in total. The van der Waals surface area contributed by atoms with E-state index < -0.39 is 0 Å². The van der Waals surface area contributed by atoms with Gasteiger partial charge in [-0.05, 0) is 31.0 Å². The van der Waals surface area contributed by atoms with Crippen LogP contribution in [-0.4, -0.2) is 41.3 Å². The van der Waals surface area contributed by atoms with Crippen molar-refractivity contribution in [2.24, 2.45) is 0 Å². The molecule has 88 valence electrons. The minimum Gasteiger partial charge on any atom is -0.467 e. The van der Waals surface area contributed by atoms with Crippen molar-refractivity contribution in [3.63, 3.8) is 0 Å². The Hall–Kier alpha value is -1.14. The van der Waals surface area contributed by atoms with Crippen LogP contribution in [0.2, 0.25) is 5.28 Å². The standard InChI is InChI=1S/C9H13ClN4O2/c1-15-8-12-7(10)13-9(14-8)16-6-3-2-4-11-5-6/h6,11H,2-5H2,1H3. The van der Waals surface area contributed by atoms with Crippen LogP contribution in [0.25, 0.3) is 0 Å². The van der Waals surface area contributed by atoms with Crippen molar-refractivity contribution in [2.75, 3.05) is 20.2 Å². The highest BCUT2D eigenvalue weighted by Gasteiger charge is 2.16. The Kier molecular flexibility index (Phi) is 3.74. The summed E-state index contributed by atoms with van der Waals surface area (Å²) in [4.78, 5) is 11.6. The first kappa shape index (κ1) is 11.3. The van der Waals surface area contributed by atoms with Crippen molar-refractivity contribution in [1.29, 1.82) is 0 Å². The first-order valence-electron chi connectivity index (χ1n) is 5.11. The Morgan fingerprint density at radius 1 is 1.31 bits per heavy atom. The van der Waals surface area contributed by atoms with Crippen molar-refractivity contribution >= 4 is 11.6 Å². The summed E-state index contributed by atoms with van der Waals surface area (Å²) in [6, 6.07) is 0.379. The van der Waals surface area contributed by atoms with Gasteiger partial charge in [-0.1, -0.05) is 0 Å². The van der Waals surface area contributed by atoms with Gasteiger partial charge in [0.05, 0.1) is 7.11 Å². The molecule has 16 heavy (non-hydrogen) atoms. The number of ether oxygens (including phenoxy) is 2. The summed E-state index contributed by atoms with van der Waals surface area (Å²) >= 11 is 5.71. The minimum atomic E-state index is 0.0746. The molecule has 0 aromatic carbocycles. The quantitative estimate of drug-likeness (QED) is 0.843. The number of nitrogens with zero attached hydrogens (tertiary/aromatic N) is 3. The maximum Gasteiger partial charge on any atom is 0.324 e. The number of hydrogen-bond donors (Lipinski definition) is 1. The fourth-order valence-electron chi connectivity index (χ4n) is 1.53. The molecule has 6 nitrogen and oxygen atoms in total. The van der Waals surface area contributed by atoms with Gasteiger partial charge in [-0.3, -0.25) is 0 Å². The van der Waals surface area contributed by atoms with Gasteiger partial charge >= 0.3 is 12.0 Å². The van der Waals surface area contributed by atoms with Crippen molar-refractivity contribution in [3.8, 4) is 12.0 Å². The second kappa shape index (κ2) is 5.27. The highest BCUT2D eigenvalue weighted by molar-refractivity contribution is 6.28. The Morgan fingerprint density at radius 3 is 2.81 bits per heavy atom. The number of rotatable bonds is 3. The molecule has 1 aromatic heterocycles. The molecule has 0 spiro atoms. The number of aromatic nitrogens is 3. The second-order valence-corrected chi connectivity index (χ2v) is 3.80. The molecular formula is C9H13ClN4O2. The van der Waals surface area contributed by atoms with Gasteiger partial charge < -0.3 is 14.8 Å². The van der Waals surface area contributed by atoms with Crippen LogP contribution in [0.3, 0.4) is 0 Å². The van der Waals surface area contributed by atoms with Crippen LogP contribution >= 0.6 is 11.6 Å². The molecule has 2 rings (SSSR count). The Bertz CT molecular complexity index is 357. The van der Waals surface area contributed by atoms with E-state index in [0.29, 0.717) is 0 Å². The van der Waals surface area contributed by atoms with E-state index in [2.05, 4.69) is 20.3 Å². The maximum atomic E-state index is 5.71. The van der Waals surface area contributed by atoms with Crippen LogP contribution in [0.4, 0.5) is 0 Å². The van der Waals surface area contributed by atoms with E-state index >= 15 is 0 Å². The number of hydrogen-bond acceptors (Lipinski definition) is 6. The van der Waals surface area contributed by atoms with E-state index in [-0.39, 0.29) is 23.4 Å². The summed E-state index contributed by atoms with van der Waals surface area (Å²) < 4.78 is 10.5. The monoisotopic (exact) mass is 244 g/mol. The molecule has 1 aliphatic heterocycles. The molecule has 1 atom stereocenters. The number of halogens is 1. The zero-order valence-corrected chi connectivity index (χ0v) is 9.70. The lowest BCUT2D eigenvalue weighted by Gasteiger charge is -2.22. The van der Waals surface area contributed by atoms with Crippen LogP contribution in [-0.2, 0) is 0 Å². The molecule has 1 unspecified atom stereocenters. The molecule has 0 saturated carbocycles. The van der Waals surface area contributed by atoms with E-state index in [9.17, 15) is 0 Å². The second-order valence-electron chi connectivity index (χ2n) is 3.46. The SMILES string of the molecule is COc1nc(Cl)nc(OC2CCCNC2)n1. The molecule has 1 saturated heterocycles. The summed E-state index contributed by atoms with van der Waals surface area (Å²) in [5, 5.41) is 3.31. The van der Waals surface area contributed by atoms with Gasteiger partial charge in [0.25, 0.3) is 0 Å². The third kappa shape index (κ3) is 2.93. The Balaban J connectivity index is 2.04. The molecule has 0 bridgehead atoms. The highest BCUT2D eigenvalue weighted by atomic mass is 35.5. The average molecular weight is 245 g/mol. The summed E-state index contributed by atoms with van der Waals surface area (Å²) in [6.07, 6.45) is 2.15. The van der Waals surface area contributed by atoms with Crippen molar-refractivity contribution < 1.29 is 9.47 Å². The zero-order valence-electron chi connectivity index (χ0n) is 8.94. The van der Waals surface area contributed by atoms with Gasteiger partial charge in [-0.15, -0.1) is 4.98 Å². The van der Waals surface area contributed by atoms with Crippen LogP contribution in [0.15, 0.2) is 0 Å². The van der Waals surface area contributed by atoms with E-state index in [1.54, 1.807) is 0 Å². The summed E-state index contributed by atoms with van der Waals surface area (Å²) in [5.41, 5.74) is 0. The minimum absolute atomic E-state index is 0.0746. The molecular weight excluding hydrogens is 232 g/mol. The van der Waals surface area contributed by atoms with Crippen molar-refractivity contribution in [2.45, 2.75) is 18.9 Å². The van der Waals surface area contributed by atoms with E-state index in [0.717, 1.165) is 25.9 Å². The highest BCUT2D eigenvalue weighted by Crippen LogP contribution is 2.15. The molecule has 7 heteroatoms. The lowest BCUT2D eigenvalue weighted by atomic mass is 10.1. The Labute approximate surface area is 98.4 Å². The number of nitrogens with one attached hydrogen (secondary N) is 1. The van der Waals surface area contributed by atoms with Crippen LogP contribution < -0.4 is 14.8 Å². The molecule has 2 heterocycles. The fraction of sp³-hybridized carbons (Fsp3) is 0.667. The first-order valence-corrected chi connectivity index (χ1v) is 5.48. The predicted octanol–water partition coefficient (Wildman–Crippen LogP) is 0.664. The summed E-state index contributed by atoms with van der Waals surface area (Å²) in [6.45, 7) is 1.83. The van der Waals surface area contributed by atoms with Gasteiger partial charge in [0, 0.05) is 6.54 Å². The zero-order chi connectivity index (χ0) is 11.4. The lowest BCUT2D eigenvalue weighted by molar-refractivity contribution is 0.151. The molecule has 0 amide bonds. The largest absolute Gasteiger partial charge is 0.467 e. The summed E-state index contributed by atoms with van der Waals surface area (Å²) in [5.74, 6) is 0. The fourth-order valence-corrected chi connectivity index (χ4v) is 1.67. The third-order valence-electron chi connectivity index (χ3n) is 2.27. The van der Waals surface area contributed by atoms with Gasteiger partial charge in [0.1, 0.15) is 6.10 Å². The number of piperidine rings is 1. The van der Waals surface area contributed by atoms with Crippen LogP contribution in [0.5, 0.6) is 12.0 Å². The van der Waals surface area contributed by atoms with Gasteiger partial charge in [-0.2, -0.15) is 9.97 Å². The van der Waals surface area contributed by atoms with Crippen molar-refractivity contribution in [3.05, 3.63) is 5.28 Å². The maximum absolute atomic E-state index is 5.71. The van der Waals surface area contributed by atoms with E-state index in [4.69, 9.17) is 21.1 Å².